The first-order valence-corrected chi connectivity index (χ1v) is 18.6. The average Bonchev–Trinajstić information content (AvgIpc) is 3.81. The molecule has 5 atom stereocenters. The van der Waals surface area contributed by atoms with E-state index >= 15 is 0 Å². The molecular weight excluding hydrogens is 727 g/mol. The van der Waals surface area contributed by atoms with Crippen LogP contribution in [0.15, 0.2) is 116 Å². The van der Waals surface area contributed by atoms with Crippen molar-refractivity contribution in [1.82, 2.24) is 31.2 Å². The number of para-hydroxylation sites is 2. The summed E-state index contributed by atoms with van der Waals surface area (Å²) >= 11 is 0. The molecule has 294 valence electrons. The van der Waals surface area contributed by atoms with E-state index in [0.29, 0.717) is 11.1 Å². The average molecular weight is 772 g/mol. The van der Waals surface area contributed by atoms with Gasteiger partial charge >= 0.3 is 5.97 Å². The molecule has 0 fully saturated rings. The second-order valence-corrected chi connectivity index (χ2v) is 14.0. The number of aromatic amines is 2. The van der Waals surface area contributed by atoms with Gasteiger partial charge in [-0.1, -0.05) is 78.9 Å². The van der Waals surface area contributed by atoms with E-state index in [1.165, 1.54) is 19.1 Å². The number of benzene rings is 4. The van der Waals surface area contributed by atoms with Crippen LogP contribution >= 0.6 is 0 Å². The summed E-state index contributed by atoms with van der Waals surface area (Å²) in [4.78, 5) is 73.6. The summed E-state index contributed by atoms with van der Waals surface area (Å²) in [6.07, 6.45) is 3.71. The Hall–Kier alpha value is -6.93. The molecular formula is C43H45N7O7. The lowest BCUT2D eigenvalue weighted by molar-refractivity contribution is -0.142. The molecule has 2 heterocycles. The topological polar surface area (TPSA) is 232 Å². The number of fused-ring (bicyclic) bond motifs is 2. The Labute approximate surface area is 328 Å². The van der Waals surface area contributed by atoms with E-state index in [-0.39, 0.29) is 31.4 Å². The number of H-pyrrole nitrogens is 2. The van der Waals surface area contributed by atoms with Gasteiger partial charge in [0.05, 0.1) is 6.04 Å². The van der Waals surface area contributed by atoms with E-state index in [2.05, 4.69) is 31.2 Å². The quantitative estimate of drug-likeness (QED) is 0.0668. The summed E-state index contributed by atoms with van der Waals surface area (Å²) < 4.78 is 0. The van der Waals surface area contributed by atoms with Gasteiger partial charge in [-0.15, -0.1) is 0 Å². The van der Waals surface area contributed by atoms with Gasteiger partial charge < -0.3 is 47.2 Å². The highest BCUT2D eigenvalue weighted by molar-refractivity contribution is 5.96. The van der Waals surface area contributed by atoms with Crippen LogP contribution in [0, 0.1) is 0 Å². The van der Waals surface area contributed by atoms with Gasteiger partial charge in [0.2, 0.25) is 23.6 Å². The SMILES string of the molecule is C[C@@H](NC(=O)[C@@H](Cc1c[nH]c2ccccc12)NC(=O)[C@H](N)Cc1ccccc1)C(=O)N[C@H](Cc1c[nH]c2ccccc12)C(=O)N[C@H](Cc1ccc(O)cc1)C(=O)O. The lowest BCUT2D eigenvalue weighted by atomic mass is 10.0. The van der Waals surface area contributed by atoms with Crippen LogP contribution in [0.2, 0.25) is 0 Å². The molecule has 0 unspecified atom stereocenters. The number of carboxylic acid groups (broad SMARTS) is 1. The molecule has 0 saturated heterocycles. The number of carbonyl (C=O) groups excluding carboxylic acids is 4. The first kappa shape index (κ1) is 39.8. The highest BCUT2D eigenvalue weighted by atomic mass is 16.4. The molecule has 0 spiro atoms. The molecule has 0 saturated carbocycles. The highest BCUT2D eigenvalue weighted by Crippen LogP contribution is 2.21. The third-order valence-electron chi connectivity index (χ3n) is 9.84. The van der Waals surface area contributed by atoms with E-state index in [1.54, 1.807) is 24.5 Å². The molecule has 14 nitrogen and oxygen atoms in total. The number of aromatic nitrogens is 2. The summed E-state index contributed by atoms with van der Waals surface area (Å²) in [5, 5.41) is 32.1. The van der Waals surface area contributed by atoms with E-state index in [0.717, 1.165) is 32.9 Å². The standard InChI is InChI=1S/C43H45N7O7/c1-25(47-41(54)36(21-28-23-45-34-13-7-5-11-31(28)34)49-40(53)33(44)19-26-9-3-2-4-10-26)39(52)48-37(22-29-24-46-35-14-8-6-12-32(29)35)42(55)50-38(43(56)57)20-27-15-17-30(51)18-16-27/h2-18,23-25,33,36-38,45-46,51H,19-22,44H2,1H3,(H,47,54)(H,48,52)(H,49,53)(H,50,55)(H,56,57)/t25-,33-,36-,37-,38-/m1/s1. The molecule has 10 N–H and O–H groups in total. The maximum Gasteiger partial charge on any atom is 0.326 e. The number of hydrogen-bond acceptors (Lipinski definition) is 7. The molecule has 0 aliphatic carbocycles. The molecule has 0 aliphatic rings. The highest BCUT2D eigenvalue weighted by Gasteiger charge is 2.31. The number of hydrogen-bond donors (Lipinski definition) is 9. The number of phenols is 1. The van der Waals surface area contributed by atoms with Crippen LogP contribution in [0.1, 0.15) is 29.2 Å². The maximum absolute atomic E-state index is 14.0. The molecule has 6 aromatic rings. The third-order valence-corrected chi connectivity index (χ3v) is 9.84. The predicted molar refractivity (Wildman–Crippen MR) is 215 cm³/mol. The first-order chi connectivity index (χ1) is 27.4. The Morgan fingerprint density at radius 1 is 0.561 bits per heavy atom. The zero-order chi connectivity index (χ0) is 40.5. The number of aromatic hydroxyl groups is 1. The van der Waals surface area contributed by atoms with Crippen molar-refractivity contribution >= 4 is 51.4 Å². The van der Waals surface area contributed by atoms with Crippen LogP contribution in [-0.4, -0.2) is 80.0 Å². The fourth-order valence-electron chi connectivity index (χ4n) is 6.72. The minimum Gasteiger partial charge on any atom is -0.508 e. The van der Waals surface area contributed by atoms with Gasteiger partial charge in [0.25, 0.3) is 0 Å². The van der Waals surface area contributed by atoms with Gasteiger partial charge in [-0.25, -0.2) is 4.79 Å². The van der Waals surface area contributed by atoms with E-state index in [9.17, 15) is 34.2 Å². The van der Waals surface area contributed by atoms with Gasteiger partial charge in [0, 0.05) is 53.5 Å². The summed E-state index contributed by atoms with van der Waals surface area (Å²) in [5.41, 5.74) is 10.8. The number of aliphatic carboxylic acids is 1. The largest absolute Gasteiger partial charge is 0.508 e. The fourth-order valence-corrected chi connectivity index (χ4v) is 6.72. The van der Waals surface area contributed by atoms with Crippen molar-refractivity contribution in [3.05, 3.63) is 138 Å². The molecule has 4 amide bonds. The number of nitrogens with one attached hydrogen (secondary N) is 6. The van der Waals surface area contributed by atoms with Gasteiger partial charge in [-0.2, -0.15) is 0 Å². The number of carboxylic acids is 1. The van der Waals surface area contributed by atoms with Crippen LogP contribution in [0.4, 0.5) is 0 Å². The lowest BCUT2D eigenvalue weighted by Gasteiger charge is -2.25. The van der Waals surface area contributed by atoms with Crippen molar-refractivity contribution < 1.29 is 34.2 Å². The van der Waals surface area contributed by atoms with Crippen LogP contribution in [-0.2, 0) is 49.7 Å². The number of nitrogens with two attached hydrogens (primary N) is 1. The zero-order valence-corrected chi connectivity index (χ0v) is 31.2. The first-order valence-electron chi connectivity index (χ1n) is 18.6. The smallest absolute Gasteiger partial charge is 0.326 e. The number of carbonyl (C=O) groups is 5. The van der Waals surface area contributed by atoms with E-state index in [1.807, 2.05) is 78.9 Å². The summed E-state index contributed by atoms with van der Waals surface area (Å²) in [7, 11) is 0. The Morgan fingerprint density at radius 3 is 1.60 bits per heavy atom. The van der Waals surface area contributed by atoms with Gasteiger partial charge in [0.1, 0.15) is 29.9 Å². The Bertz CT molecular complexity index is 2360. The van der Waals surface area contributed by atoms with Crippen molar-refractivity contribution in [2.75, 3.05) is 0 Å². The predicted octanol–water partition coefficient (Wildman–Crippen LogP) is 3.00. The number of rotatable bonds is 17. The Balaban J connectivity index is 1.19. The van der Waals surface area contributed by atoms with E-state index < -0.39 is 59.8 Å². The maximum atomic E-state index is 14.0. The minimum atomic E-state index is -1.36. The van der Waals surface area contributed by atoms with E-state index in [4.69, 9.17) is 5.73 Å². The lowest BCUT2D eigenvalue weighted by Crippen LogP contribution is -2.58. The number of amides is 4. The minimum absolute atomic E-state index is 0.00759. The van der Waals surface area contributed by atoms with Gasteiger partial charge in [0.15, 0.2) is 0 Å². The Kier molecular flexibility index (Phi) is 12.6. The third kappa shape index (κ3) is 10.2. The summed E-state index contributed by atoms with van der Waals surface area (Å²) in [6.45, 7) is 1.45. The van der Waals surface area contributed by atoms with Crippen LogP contribution in [0.3, 0.4) is 0 Å². The molecule has 0 bridgehead atoms. The molecule has 0 aliphatic heterocycles. The van der Waals surface area contributed by atoms with Crippen molar-refractivity contribution in [3.8, 4) is 5.75 Å². The molecule has 14 heteroatoms. The molecule has 0 radical (unpaired) electrons. The van der Waals surface area contributed by atoms with Crippen molar-refractivity contribution in [2.24, 2.45) is 5.73 Å². The second kappa shape index (κ2) is 18.1. The Morgan fingerprint density at radius 2 is 1.04 bits per heavy atom. The molecule has 2 aromatic heterocycles. The second-order valence-electron chi connectivity index (χ2n) is 14.0. The van der Waals surface area contributed by atoms with Crippen LogP contribution in [0.25, 0.3) is 21.8 Å². The summed E-state index contributed by atoms with van der Waals surface area (Å²) in [6, 6.07) is 24.2. The fraction of sp³-hybridized carbons (Fsp3) is 0.233. The van der Waals surface area contributed by atoms with Crippen molar-refractivity contribution in [2.45, 2.75) is 62.8 Å². The van der Waals surface area contributed by atoms with Gasteiger partial charge in [-0.3, -0.25) is 19.2 Å². The zero-order valence-electron chi connectivity index (χ0n) is 31.2. The summed E-state index contributed by atoms with van der Waals surface area (Å²) in [5.74, 6) is -3.95. The molecule has 4 aromatic carbocycles. The molecule has 6 rings (SSSR count). The normalized spacial score (nSPS) is 13.9. The van der Waals surface area contributed by atoms with Gasteiger partial charge in [-0.05, 0) is 59.9 Å². The molecule has 57 heavy (non-hydrogen) atoms. The van der Waals surface area contributed by atoms with Crippen LogP contribution < -0.4 is 27.0 Å². The van der Waals surface area contributed by atoms with Crippen molar-refractivity contribution in [1.29, 1.82) is 0 Å². The van der Waals surface area contributed by atoms with Crippen LogP contribution in [0.5, 0.6) is 5.75 Å². The monoisotopic (exact) mass is 771 g/mol. The number of phenolic OH excluding ortho intramolecular Hbond substituents is 1. The van der Waals surface area contributed by atoms with Crippen molar-refractivity contribution in [3.63, 3.8) is 0 Å².